The molecule has 1 nitrogen and oxygen atoms in total. The van der Waals surface area contributed by atoms with Gasteiger partial charge in [0.25, 0.3) is 0 Å². The molecular weight excluding hydrogens is 226 g/mol. The van der Waals surface area contributed by atoms with Crippen LogP contribution in [0, 0.1) is 20.8 Å². The van der Waals surface area contributed by atoms with Gasteiger partial charge in [0, 0.05) is 16.2 Å². The predicted molar refractivity (Wildman–Crippen MR) is 77.0 cm³/mol. The minimum absolute atomic E-state index is 0.458. The molecular formula is C15H23NS. The van der Waals surface area contributed by atoms with Crippen molar-refractivity contribution < 1.29 is 0 Å². The quantitative estimate of drug-likeness (QED) is 0.870. The van der Waals surface area contributed by atoms with Gasteiger partial charge < -0.3 is 5.32 Å². The molecule has 0 atom stereocenters. The average molecular weight is 249 g/mol. The van der Waals surface area contributed by atoms with Gasteiger partial charge in [-0.1, -0.05) is 24.1 Å². The van der Waals surface area contributed by atoms with E-state index in [9.17, 15) is 0 Å². The molecule has 2 rings (SSSR count). The van der Waals surface area contributed by atoms with E-state index in [-0.39, 0.29) is 0 Å². The van der Waals surface area contributed by atoms with Gasteiger partial charge in [-0.25, -0.2) is 0 Å². The van der Waals surface area contributed by atoms with E-state index in [2.05, 4.69) is 57.0 Å². The lowest BCUT2D eigenvalue weighted by Gasteiger charge is -2.42. The fourth-order valence-electron chi connectivity index (χ4n) is 2.75. The molecule has 0 radical (unpaired) electrons. The first-order chi connectivity index (χ1) is 8.06. The van der Waals surface area contributed by atoms with Crippen LogP contribution in [0.4, 0.5) is 0 Å². The summed E-state index contributed by atoms with van der Waals surface area (Å²) in [5, 5.41) is 3.36. The van der Waals surface area contributed by atoms with Crippen molar-refractivity contribution in [2.24, 2.45) is 0 Å². The molecule has 0 spiro atoms. The van der Waals surface area contributed by atoms with Gasteiger partial charge >= 0.3 is 0 Å². The van der Waals surface area contributed by atoms with Crippen LogP contribution in [0.25, 0.3) is 0 Å². The zero-order valence-electron chi connectivity index (χ0n) is 11.4. The number of benzene rings is 1. The average Bonchev–Trinajstić information content (AvgIpc) is 2.19. The topological polar surface area (TPSA) is 12.0 Å². The zero-order valence-corrected chi connectivity index (χ0v) is 12.2. The molecule has 0 saturated heterocycles. The molecule has 1 fully saturated rings. The third-order valence-corrected chi connectivity index (χ3v) is 5.52. The van der Waals surface area contributed by atoms with Crippen LogP contribution in [0.1, 0.15) is 36.0 Å². The van der Waals surface area contributed by atoms with Gasteiger partial charge in [-0.2, -0.15) is 0 Å². The largest absolute Gasteiger partial charge is 0.318 e. The molecule has 1 aromatic rings. The van der Waals surface area contributed by atoms with Crippen LogP contribution in [-0.4, -0.2) is 18.3 Å². The molecule has 94 valence electrons. The summed E-state index contributed by atoms with van der Waals surface area (Å²) in [5.41, 5.74) is 4.25. The van der Waals surface area contributed by atoms with Crippen LogP contribution in [0.2, 0.25) is 0 Å². The Morgan fingerprint density at radius 1 is 1.18 bits per heavy atom. The van der Waals surface area contributed by atoms with Gasteiger partial charge in [0.05, 0.1) is 0 Å². The Morgan fingerprint density at radius 2 is 1.76 bits per heavy atom. The summed E-state index contributed by atoms with van der Waals surface area (Å²) in [7, 11) is 2.06. The molecule has 0 amide bonds. The van der Waals surface area contributed by atoms with Crippen LogP contribution in [0.3, 0.4) is 0 Å². The van der Waals surface area contributed by atoms with Crippen molar-refractivity contribution in [3.05, 3.63) is 28.8 Å². The third kappa shape index (κ3) is 2.69. The number of rotatable bonds is 4. The van der Waals surface area contributed by atoms with Crippen LogP contribution < -0.4 is 5.32 Å². The zero-order chi connectivity index (χ0) is 12.5. The minimum atomic E-state index is 0.458. The Morgan fingerprint density at radius 3 is 2.18 bits per heavy atom. The molecule has 1 aliphatic carbocycles. The SMILES string of the molecule is CNCC1(Sc2c(C)cc(C)cc2C)CCC1. The van der Waals surface area contributed by atoms with E-state index in [1.165, 1.54) is 40.8 Å². The molecule has 1 aliphatic rings. The summed E-state index contributed by atoms with van der Waals surface area (Å²) < 4.78 is 0.458. The van der Waals surface area contributed by atoms with Crippen LogP contribution in [0.15, 0.2) is 17.0 Å². The number of thioether (sulfide) groups is 1. The molecule has 17 heavy (non-hydrogen) atoms. The Balaban J connectivity index is 2.23. The highest BCUT2D eigenvalue weighted by atomic mass is 32.2. The van der Waals surface area contributed by atoms with Gasteiger partial charge in [0.2, 0.25) is 0 Å². The van der Waals surface area contributed by atoms with Crippen molar-refractivity contribution in [2.45, 2.75) is 49.7 Å². The highest BCUT2D eigenvalue weighted by molar-refractivity contribution is 8.00. The van der Waals surface area contributed by atoms with E-state index in [1.54, 1.807) is 0 Å². The Hall–Kier alpha value is -0.470. The Kier molecular flexibility index (Phi) is 3.84. The first-order valence-corrected chi connectivity index (χ1v) is 7.29. The molecule has 2 heteroatoms. The number of hydrogen-bond donors (Lipinski definition) is 1. The van der Waals surface area contributed by atoms with Gasteiger partial charge in [-0.15, -0.1) is 11.8 Å². The molecule has 0 aromatic heterocycles. The number of nitrogens with one attached hydrogen (secondary N) is 1. The molecule has 1 N–H and O–H groups in total. The first kappa shape index (κ1) is 13.0. The van der Waals surface area contributed by atoms with Gasteiger partial charge in [0.15, 0.2) is 0 Å². The maximum Gasteiger partial charge on any atom is 0.0331 e. The fraction of sp³-hybridized carbons (Fsp3) is 0.600. The second-order valence-corrected chi connectivity index (χ2v) is 6.88. The monoisotopic (exact) mass is 249 g/mol. The molecule has 1 aromatic carbocycles. The molecule has 0 heterocycles. The first-order valence-electron chi connectivity index (χ1n) is 6.48. The Bertz CT molecular complexity index is 384. The second kappa shape index (κ2) is 5.03. The van der Waals surface area contributed by atoms with Crippen molar-refractivity contribution >= 4 is 11.8 Å². The smallest absolute Gasteiger partial charge is 0.0331 e. The van der Waals surface area contributed by atoms with Crippen molar-refractivity contribution in [3.8, 4) is 0 Å². The van der Waals surface area contributed by atoms with Gasteiger partial charge in [-0.3, -0.25) is 0 Å². The lowest BCUT2D eigenvalue weighted by atomic mass is 9.84. The normalized spacial score (nSPS) is 17.9. The van der Waals surface area contributed by atoms with Crippen LogP contribution in [0.5, 0.6) is 0 Å². The maximum atomic E-state index is 3.36. The standard InChI is InChI=1S/C15H23NS/c1-11-8-12(2)14(13(3)9-11)17-15(10-16-4)6-5-7-15/h8-9,16H,5-7,10H2,1-4H3. The molecule has 1 saturated carbocycles. The summed E-state index contributed by atoms with van der Waals surface area (Å²) in [6, 6.07) is 4.61. The number of aryl methyl sites for hydroxylation is 3. The van der Waals surface area contributed by atoms with Crippen molar-refractivity contribution in [2.75, 3.05) is 13.6 Å². The van der Waals surface area contributed by atoms with Crippen molar-refractivity contribution in [1.82, 2.24) is 5.32 Å². The van der Waals surface area contributed by atoms with E-state index in [1.807, 2.05) is 0 Å². The molecule has 0 bridgehead atoms. The van der Waals surface area contributed by atoms with Gasteiger partial charge in [0.1, 0.15) is 0 Å². The van der Waals surface area contributed by atoms with E-state index >= 15 is 0 Å². The maximum absolute atomic E-state index is 3.36. The third-order valence-electron chi connectivity index (χ3n) is 3.69. The lowest BCUT2D eigenvalue weighted by molar-refractivity contribution is 0.353. The van der Waals surface area contributed by atoms with E-state index < -0.39 is 0 Å². The van der Waals surface area contributed by atoms with Crippen molar-refractivity contribution in [1.29, 1.82) is 0 Å². The summed E-state index contributed by atoms with van der Waals surface area (Å²) in [6.07, 6.45) is 4.09. The van der Waals surface area contributed by atoms with E-state index in [0.29, 0.717) is 4.75 Å². The number of hydrogen-bond acceptors (Lipinski definition) is 2. The van der Waals surface area contributed by atoms with E-state index in [4.69, 9.17) is 0 Å². The predicted octanol–water partition coefficient (Wildman–Crippen LogP) is 3.85. The summed E-state index contributed by atoms with van der Waals surface area (Å²) in [5.74, 6) is 0. The summed E-state index contributed by atoms with van der Waals surface area (Å²) >= 11 is 2.10. The lowest BCUT2D eigenvalue weighted by Crippen LogP contribution is -2.42. The molecule has 0 aliphatic heterocycles. The van der Waals surface area contributed by atoms with Crippen LogP contribution in [-0.2, 0) is 0 Å². The van der Waals surface area contributed by atoms with E-state index in [0.717, 1.165) is 6.54 Å². The second-order valence-electron chi connectivity index (χ2n) is 5.40. The molecule has 0 unspecified atom stereocenters. The minimum Gasteiger partial charge on any atom is -0.318 e. The van der Waals surface area contributed by atoms with Crippen molar-refractivity contribution in [3.63, 3.8) is 0 Å². The highest BCUT2D eigenvalue weighted by Gasteiger charge is 2.37. The highest BCUT2D eigenvalue weighted by Crippen LogP contribution is 2.48. The van der Waals surface area contributed by atoms with Crippen LogP contribution >= 0.6 is 11.8 Å². The van der Waals surface area contributed by atoms with Gasteiger partial charge in [-0.05, 0) is 51.8 Å². The fourth-order valence-corrected chi connectivity index (χ4v) is 4.33. The Labute approximate surface area is 109 Å². The summed E-state index contributed by atoms with van der Waals surface area (Å²) in [6.45, 7) is 7.80. The summed E-state index contributed by atoms with van der Waals surface area (Å²) in [4.78, 5) is 1.51.